The molecule has 0 fully saturated rings. The molecule has 0 bridgehead atoms. The Balaban J connectivity index is 2.80. The Bertz CT molecular complexity index is 243. The molecule has 3 heteroatoms. The standard InChI is InChI=1S/C9H16N2O/c1-3-5-7-8(6-4-2)11-12-9(7)10/h3-6,10H2,1-2H3. The summed E-state index contributed by atoms with van der Waals surface area (Å²) in [5, 5.41) is 3.92. The molecule has 2 N–H and O–H groups in total. The maximum Gasteiger partial charge on any atom is 0.225 e. The fraction of sp³-hybridized carbons (Fsp3) is 0.667. The summed E-state index contributed by atoms with van der Waals surface area (Å²) in [7, 11) is 0. The molecule has 0 saturated heterocycles. The van der Waals surface area contributed by atoms with E-state index in [2.05, 4.69) is 19.0 Å². The molecule has 1 aromatic rings. The molecule has 0 radical (unpaired) electrons. The van der Waals surface area contributed by atoms with Crippen LogP contribution >= 0.6 is 0 Å². The molecule has 0 aliphatic carbocycles. The summed E-state index contributed by atoms with van der Waals surface area (Å²) in [5.74, 6) is 0.500. The van der Waals surface area contributed by atoms with Crippen LogP contribution < -0.4 is 5.73 Å². The van der Waals surface area contributed by atoms with Gasteiger partial charge in [-0.3, -0.25) is 0 Å². The Kier molecular flexibility index (Phi) is 3.14. The second kappa shape index (κ2) is 4.14. The quantitative estimate of drug-likeness (QED) is 0.749. The number of nitrogen functional groups attached to an aromatic ring is 1. The first kappa shape index (κ1) is 9.10. The summed E-state index contributed by atoms with van der Waals surface area (Å²) in [6.07, 6.45) is 4.12. The van der Waals surface area contributed by atoms with E-state index in [0.29, 0.717) is 5.88 Å². The second-order valence-electron chi connectivity index (χ2n) is 2.97. The average Bonchev–Trinajstić information content (AvgIpc) is 2.37. The summed E-state index contributed by atoms with van der Waals surface area (Å²) in [5.41, 5.74) is 7.78. The Morgan fingerprint density at radius 3 is 2.50 bits per heavy atom. The first-order valence-electron chi connectivity index (χ1n) is 4.52. The third-order valence-electron chi connectivity index (χ3n) is 1.89. The summed E-state index contributed by atoms with van der Waals surface area (Å²) >= 11 is 0. The van der Waals surface area contributed by atoms with Crippen LogP contribution in [0.25, 0.3) is 0 Å². The number of aromatic nitrogens is 1. The lowest BCUT2D eigenvalue weighted by atomic mass is 10.1. The monoisotopic (exact) mass is 168 g/mol. The van der Waals surface area contributed by atoms with Gasteiger partial charge in [0.2, 0.25) is 5.88 Å². The minimum absolute atomic E-state index is 0.500. The molecule has 1 rings (SSSR count). The van der Waals surface area contributed by atoms with Gasteiger partial charge in [-0.05, 0) is 12.8 Å². The fourth-order valence-corrected chi connectivity index (χ4v) is 1.31. The largest absolute Gasteiger partial charge is 0.367 e. The van der Waals surface area contributed by atoms with Crippen LogP contribution in [0.3, 0.4) is 0 Å². The Hall–Kier alpha value is -0.990. The van der Waals surface area contributed by atoms with E-state index in [-0.39, 0.29) is 0 Å². The van der Waals surface area contributed by atoms with E-state index in [1.54, 1.807) is 0 Å². The molecular weight excluding hydrogens is 152 g/mol. The number of aryl methyl sites for hydroxylation is 1. The third-order valence-corrected chi connectivity index (χ3v) is 1.89. The lowest BCUT2D eigenvalue weighted by molar-refractivity contribution is 0.427. The van der Waals surface area contributed by atoms with Gasteiger partial charge in [0.05, 0.1) is 5.69 Å². The van der Waals surface area contributed by atoms with Crippen molar-refractivity contribution < 1.29 is 4.52 Å². The van der Waals surface area contributed by atoms with E-state index < -0.39 is 0 Å². The molecule has 0 amide bonds. The Morgan fingerprint density at radius 2 is 1.92 bits per heavy atom. The van der Waals surface area contributed by atoms with Crippen LogP contribution in [-0.2, 0) is 12.8 Å². The summed E-state index contributed by atoms with van der Waals surface area (Å²) in [4.78, 5) is 0. The molecule has 3 nitrogen and oxygen atoms in total. The Morgan fingerprint density at radius 1 is 1.25 bits per heavy atom. The number of hydrogen-bond acceptors (Lipinski definition) is 3. The first-order valence-corrected chi connectivity index (χ1v) is 4.52. The minimum atomic E-state index is 0.500. The van der Waals surface area contributed by atoms with Crippen molar-refractivity contribution in [1.29, 1.82) is 0 Å². The second-order valence-corrected chi connectivity index (χ2v) is 2.97. The number of nitrogens with zero attached hydrogens (tertiary/aromatic N) is 1. The van der Waals surface area contributed by atoms with Crippen molar-refractivity contribution in [3.05, 3.63) is 11.3 Å². The zero-order chi connectivity index (χ0) is 8.97. The van der Waals surface area contributed by atoms with Gasteiger partial charge in [0.25, 0.3) is 0 Å². The van der Waals surface area contributed by atoms with E-state index in [0.717, 1.165) is 36.9 Å². The number of hydrogen-bond donors (Lipinski definition) is 1. The summed E-state index contributed by atoms with van der Waals surface area (Å²) < 4.78 is 4.93. The number of anilines is 1. The van der Waals surface area contributed by atoms with Crippen LogP contribution in [0.15, 0.2) is 4.52 Å². The average molecular weight is 168 g/mol. The van der Waals surface area contributed by atoms with Gasteiger partial charge in [-0.1, -0.05) is 31.8 Å². The molecule has 0 aromatic carbocycles. The maximum absolute atomic E-state index is 5.63. The lowest BCUT2D eigenvalue weighted by Gasteiger charge is -1.96. The molecule has 1 heterocycles. The van der Waals surface area contributed by atoms with E-state index >= 15 is 0 Å². The number of nitrogens with two attached hydrogens (primary N) is 1. The van der Waals surface area contributed by atoms with Crippen LogP contribution in [0.5, 0.6) is 0 Å². The SMILES string of the molecule is CCCc1noc(N)c1CCC. The predicted octanol–water partition coefficient (Wildman–Crippen LogP) is 2.16. The smallest absolute Gasteiger partial charge is 0.225 e. The van der Waals surface area contributed by atoms with Gasteiger partial charge >= 0.3 is 0 Å². The van der Waals surface area contributed by atoms with Crippen molar-refractivity contribution in [1.82, 2.24) is 5.16 Å². The molecule has 1 aromatic heterocycles. The molecule has 12 heavy (non-hydrogen) atoms. The van der Waals surface area contributed by atoms with Gasteiger partial charge in [0.15, 0.2) is 0 Å². The van der Waals surface area contributed by atoms with E-state index in [1.807, 2.05) is 0 Å². The summed E-state index contributed by atoms with van der Waals surface area (Å²) in [6.45, 7) is 4.25. The highest BCUT2D eigenvalue weighted by Crippen LogP contribution is 2.19. The third kappa shape index (κ3) is 1.78. The molecule has 0 unspecified atom stereocenters. The fourth-order valence-electron chi connectivity index (χ4n) is 1.31. The van der Waals surface area contributed by atoms with Gasteiger partial charge in [0, 0.05) is 5.56 Å². The first-order chi connectivity index (χ1) is 5.79. The molecular formula is C9H16N2O. The predicted molar refractivity (Wildman–Crippen MR) is 48.9 cm³/mol. The minimum Gasteiger partial charge on any atom is -0.367 e. The van der Waals surface area contributed by atoms with Crippen LogP contribution in [0, 0.1) is 0 Å². The highest BCUT2D eigenvalue weighted by atomic mass is 16.5. The van der Waals surface area contributed by atoms with Crippen molar-refractivity contribution in [3.8, 4) is 0 Å². The van der Waals surface area contributed by atoms with Gasteiger partial charge in [0.1, 0.15) is 0 Å². The summed E-state index contributed by atoms with van der Waals surface area (Å²) in [6, 6.07) is 0. The normalized spacial score (nSPS) is 10.5. The van der Waals surface area contributed by atoms with E-state index in [9.17, 15) is 0 Å². The van der Waals surface area contributed by atoms with Crippen molar-refractivity contribution in [2.75, 3.05) is 5.73 Å². The highest BCUT2D eigenvalue weighted by Gasteiger charge is 2.10. The zero-order valence-electron chi connectivity index (χ0n) is 7.76. The molecule has 0 atom stereocenters. The van der Waals surface area contributed by atoms with Crippen molar-refractivity contribution in [3.63, 3.8) is 0 Å². The van der Waals surface area contributed by atoms with Crippen LogP contribution in [0.4, 0.5) is 5.88 Å². The maximum atomic E-state index is 5.63. The van der Waals surface area contributed by atoms with Crippen molar-refractivity contribution in [2.45, 2.75) is 39.5 Å². The lowest BCUT2D eigenvalue weighted by Crippen LogP contribution is -1.94. The molecule has 0 spiro atoms. The van der Waals surface area contributed by atoms with Gasteiger partial charge in [-0.25, -0.2) is 0 Å². The molecule has 0 aliphatic heterocycles. The topological polar surface area (TPSA) is 52.0 Å². The van der Waals surface area contributed by atoms with Crippen molar-refractivity contribution >= 4 is 5.88 Å². The van der Waals surface area contributed by atoms with Crippen molar-refractivity contribution in [2.24, 2.45) is 0 Å². The van der Waals surface area contributed by atoms with Crippen LogP contribution in [0.1, 0.15) is 37.9 Å². The molecule has 0 saturated carbocycles. The van der Waals surface area contributed by atoms with Crippen LogP contribution in [-0.4, -0.2) is 5.16 Å². The van der Waals surface area contributed by atoms with Gasteiger partial charge < -0.3 is 10.3 Å². The molecule has 0 aliphatic rings. The Labute approximate surface area is 72.9 Å². The number of rotatable bonds is 4. The molecule has 68 valence electrons. The van der Waals surface area contributed by atoms with Gasteiger partial charge in [-0.15, -0.1) is 0 Å². The highest BCUT2D eigenvalue weighted by molar-refractivity contribution is 5.38. The van der Waals surface area contributed by atoms with Crippen LogP contribution in [0.2, 0.25) is 0 Å². The van der Waals surface area contributed by atoms with Gasteiger partial charge in [-0.2, -0.15) is 0 Å². The van der Waals surface area contributed by atoms with E-state index in [4.69, 9.17) is 10.3 Å². The zero-order valence-corrected chi connectivity index (χ0v) is 7.76. The van der Waals surface area contributed by atoms with E-state index in [1.165, 1.54) is 0 Å².